The van der Waals surface area contributed by atoms with Crippen molar-refractivity contribution in [2.75, 3.05) is 20.1 Å². The molecule has 0 bridgehead atoms. The second-order valence-corrected chi connectivity index (χ2v) is 4.53. The first-order chi connectivity index (χ1) is 7.89. The number of terminal acetylenes is 1. The van der Waals surface area contributed by atoms with Gasteiger partial charge in [-0.2, -0.15) is 0 Å². The van der Waals surface area contributed by atoms with Gasteiger partial charge in [-0.3, -0.25) is 9.69 Å². The molecule has 1 atom stereocenters. The summed E-state index contributed by atoms with van der Waals surface area (Å²) in [7, 11) is 1.79. The summed E-state index contributed by atoms with van der Waals surface area (Å²) in [4.78, 5) is 13.6. The second-order valence-electron chi connectivity index (χ2n) is 4.53. The molecule has 1 amide bonds. The highest BCUT2D eigenvalue weighted by Crippen LogP contribution is 2.13. The molecular weight excluding hydrogens is 216 g/mol. The topological polar surface area (TPSA) is 52.6 Å². The van der Waals surface area contributed by atoms with Crippen molar-refractivity contribution in [1.29, 1.82) is 0 Å². The molecule has 2 N–H and O–H groups in total. The van der Waals surface area contributed by atoms with Gasteiger partial charge in [-0.1, -0.05) is 19.8 Å². The molecule has 0 aromatic heterocycles. The maximum Gasteiger partial charge on any atom is 0.235 e. The van der Waals surface area contributed by atoms with Crippen LogP contribution >= 0.6 is 0 Å². The minimum absolute atomic E-state index is 0.102. The van der Waals surface area contributed by atoms with Gasteiger partial charge in [-0.25, -0.2) is 0 Å². The fraction of sp³-hybridized carbons (Fsp3) is 0.769. The van der Waals surface area contributed by atoms with Crippen molar-refractivity contribution in [3.63, 3.8) is 0 Å². The number of amides is 1. The summed E-state index contributed by atoms with van der Waals surface area (Å²) < 4.78 is 0. The van der Waals surface area contributed by atoms with Crippen LogP contribution in [-0.4, -0.2) is 47.7 Å². The molecule has 17 heavy (non-hydrogen) atoms. The van der Waals surface area contributed by atoms with E-state index in [0.29, 0.717) is 19.4 Å². The van der Waals surface area contributed by atoms with Gasteiger partial charge in [0.2, 0.25) is 5.91 Å². The van der Waals surface area contributed by atoms with Gasteiger partial charge in [0.15, 0.2) is 0 Å². The standard InChI is InChI=1S/C13H24N2O2/c1-6-13(7-2,8-3)14-12(17)10-15(5)9-11(4)16/h1,11,16H,7-10H2,2-5H3,(H,14,17). The van der Waals surface area contributed by atoms with E-state index in [1.165, 1.54) is 0 Å². The Morgan fingerprint density at radius 1 is 1.53 bits per heavy atom. The minimum atomic E-state index is -0.539. The lowest BCUT2D eigenvalue weighted by Crippen LogP contribution is -2.50. The van der Waals surface area contributed by atoms with E-state index in [4.69, 9.17) is 6.42 Å². The van der Waals surface area contributed by atoms with E-state index in [2.05, 4.69) is 11.2 Å². The highest BCUT2D eigenvalue weighted by molar-refractivity contribution is 5.79. The van der Waals surface area contributed by atoms with Gasteiger partial charge >= 0.3 is 0 Å². The number of hydrogen-bond acceptors (Lipinski definition) is 3. The van der Waals surface area contributed by atoms with E-state index >= 15 is 0 Å². The first-order valence-corrected chi connectivity index (χ1v) is 6.04. The van der Waals surface area contributed by atoms with Gasteiger partial charge in [0.05, 0.1) is 12.6 Å². The van der Waals surface area contributed by atoms with E-state index in [1.54, 1.807) is 18.9 Å². The van der Waals surface area contributed by atoms with Crippen LogP contribution in [0, 0.1) is 12.3 Å². The van der Waals surface area contributed by atoms with Crippen LogP contribution in [0.2, 0.25) is 0 Å². The molecule has 0 heterocycles. The molecule has 0 aromatic carbocycles. The molecule has 1 unspecified atom stereocenters. The third-order valence-corrected chi connectivity index (χ3v) is 2.85. The van der Waals surface area contributed by atoms with Gasteiger partial charge in [0.1, 0.15) is 5.54 Å². The van der Waals surface area contributed by atoms with Gasteiger partial charge in [-0.15, -0.1) is 6.42 Å². The zero-order chi connectivity index (χ0) is 13.5. The summed E-state index contributed by atoms with van der Waals surface area (Å²) in [5, 5.41) is 12.1. The maximum atomic E-state index is 11.8. The zero-order valence-corrected chi connectivity index (χ0v) is 11.3. The molecule has 0 saturated carbocycles. The van der Waals surface area contributed by atoms with Gasteiger partial charge < -0.3 is 10.4 Å². The lowest BCUT2D eigenvalue weighted by Gasteiger charge is -2.28. The summed E-state index contributed by atoms with van der Waals surface area (Å²) >= 11 is 0. The van der Waals surface area contributed by atoms with E-state index in [1.807, 2.05) is 13.8 Å². The second kappa shape index (κ2) is 7.31. The third kappa shape index (κ3) is 5.71. The van der Waals surface area contributed by atoms with Crippen molar-refractivity contribution < 1.29 is 9.90 Å². The van der Waals surface area contributed by atoms with Crippen LogP contribution in [0.25, 0.3) is 0 Å². The highest BCUT2D eigenvalue weighted by atomic mass is 16.3. The summed E-state index contributed by atoms with van der Waals surface area (Å²) in [6.07, 6.45) is 6.46. The summed E-state index contributed by atoms with van der Waals surface area (Å²) in [5.74, 6) is 2.56. The van der Waals surface area contributed by atoms with Gasteiger partial charge in [0.25, 0.3) is 0 Å². The monoisotopic (exact) mass is 240 g/mol. The fourth-order valence-corrected chi connectivity index (χ4v) is 1.73. The number of likely N-dealkylation sites (N-methyl/N-ethyl adjacent to an activating group) is 1. The Morgan fingerprint density at radius 2 is 2.06 bits per heavy atom. The molecule has 0 radical (unpaired) electrons. The van der Waals surface area contributed by atoms with Crippen molar-refractivity contribution in [2.45, 2.75) is 45.3 Å². The number of aliphatic hydroxyl groups excluding tert-OH is 1. The number of nitrogens with zero attached hydrogens (tertiary/aromatic N) is 1. The predicted molar refractivity (Wildman–Crippen MR) is 69.5 cm³/mol. The van der Waals surface area contributed by atoms with Crippen LogP contribution in [-0.2, 0) is 4.79 Å². The number of carbonyl (C=O) groups excluding carboxylic acids is 1. The Balaban J connectivity index is 4.30. The first-order valence-electron chi connectivity index (χ1n) is 6.04. The molecule has 0 saturated heterocycles. The number of aliphatic hydroxyl groups is 1. The van der Waals surface area contributed by atoms with E-state index in [9.17, 15) is 9.90 Å². The van der Waals surface area contributed by atoms with Crippen molar-refractivity contribution in [2.24, 2.45) is 0 Å². The fourth-order valence-electron chi connectivity index (χ4n) is 1.73. The average molecular weight is 240 g/mol. The SMILES string of the molecule is C#CC(CC)(CC)NC(=O)CN(C)CC(C)O. The van der Waals surface area contributed by atoms with E-state index in [-0.39, 0.29) is 12.5 Å². The molecular formula is C13H24N2O2. The van der Waals surface area contributed by atoms with Crippen molar-refractivity contribution in [1.82, 2.24) is 10.2 Å². The summed E-state index contributed by atoms with van der Waals surface area (Å²) in [6, 6.07) is 0. The van der Waals surface area contributed by atoms with Crippen molar-refractivity contribution >= 4 is 5.91 Å². The molecule has 0 aliphatic heterocycles. The number of carbonyl (C=O) groups is 1. The quantitative estimate of drug-likeness (QED) is 0.641. The Bertz CT molecular complexity index is 278. The average Bonchev–Trinajstić information content (AvgIpc) is 2.24. The lowest BCUT2D eigenvalue weighted by molar-refractivity contribution is -0.123. The molecule has 0 spiro atoms. The minimum Gasteiger partial charge on any atom is -0.392 e. The molecule has 98 valence electrons. The first kappa shape index (κ1) is 16.0. The van der Waals surface area contributed by atoms with Crippen LogP contribution in [0.1, 0.15) is 33.6 Å². The molecule has 0 aliphatic rings. The lowest BCUT2D eigenvalue weighted by atomic mass is 9.94. The number of rotatable bonds is 7. The van der Waals surface area contributed by atoms with Crippen LogP contribution in [0.15, 0.2) is 0 Å². The molecule has 0 fully saturated rings. The van der Waals surface area contributed by atoms with Gasteiger partial charge in [-0.05, 0) is 26.8 Å². The molecule has 0 rings (SSSR count). The Kier molecular flexibility index (Phi) is 6.86. The molecule has 4 heteroatoms. The summed E-state index contributed by atoms with van der Waals surface area (Å²) in [5.41, 5.74) is -0.539. The number of nitrogens with one attached hydrogen (secondary N) is 1. The van der Waals surface area contributed by atoms with E-state index < -0.39 is 11.6 Å². The highest BCUT2D eigenvalue weighted by Gasteiger charge is 2.25. The summed E-state index contributed by atoms with van der Waals surface area (Å²) in [6.45, 7) is 6.33. The number of hydrogen-bond donors (Lipinski definition) is 2. The zero-order valence-electron chi connectivity index (χ0n) is 11.3. The molecule has 4 nitrogen and oxygen atoms in total. The van der Waals surface area contributed by atoms with Crippen LogP contribution in [0.5, 0.6) is 0 Å². The Hall–Kier alpha value is -1.05. The largest absolute Gasteiger partial charge is 0.392 e. The van der Waals surface area contributed by atoms with E-state index in [0.717, 1.165) is 0 Å². The molecule has 0 aromatic rings. The smallest absolute Gasteiger partial charge is 0.235 e. The van der Waals surface area contributed by atoms with Crippen LogP contribution in [0.3, 0.4) is 0 Å². The third-order valence-electron chi connectivity index (χ3n) is 2.85. The van der Waals surface area contributed by atoms with Crippen molar-refractivity contribution in [3.8, 4) is 12.3 Å². The van der Waals surface area contributed by atoms with Crippen molar-refractivity contribution in [3.05, 3.63) is 0 Å². The molecule has 0 aliphatic carbocycles. The van der Waals surface area contributed by atoms with Crippen LogP contribution < -0.4 is 5.32 Å². The normalized spacial score (nSPS) is 13.2. The maximum absolute atomic E-state index is 11.8. The Labute approximate surface area is 104 Å². The van der Waals surface area contributed by atoms with Gasteiger partial charge in [0, 0.05) is 6.54 Å². The predicted octanol–water partition coefficient (Wildman–Crippen LogP) is 0.607. The van der Waals surface area contributed by atoms with Crippen LogP contribution in [0.4, 0.5) is 0 Å². The Morgan fingerprint density at radius 3 is 2.41 bits per heavy atom.